The van der Waals surface area contributed by atoms with Crippen LogP contribution in [-0.4, -0.2) is 31.8 Å². The second-order valence-corrected chi connectivity index (χ2v) is 4.73. The van der Waals surface area contributed by atoms with Gasteiger partial charge in [0.05, 0.1) is 6.10 Å². The predicted molar refractivity (Wildman–Crippen MR) is 68.5 cm³/mol. The average Bonchev–Trinajstić information content (AvgIpc) is 2.85. The molecule has 1 aliphatic rings. The molecule has 0 saturated carbocycles. The molecule has 0 spiro atoms. The van der Waals surface area contributed by atoms with Gasteiger partial charge in [-0.1, -0.05) is 23.7 Å². The number of esters is 1. The monoisotopic (exact) mass is 269 g/mol. The van der Waals surface area contributed by atoms with Crippen LogP contribution in [0.25, 0.3) is 0 Å². The van der Waals surface area contributed by atoms with Crippen molar-refractivity contribution < 1.29 is 14.3 Å². The van der Waals surface area contributed by atoms with Gasteiger partial charge in [-0.3, -0.25) is 4.79 Å². The largest absolute Gasteiger partial charge is 0.460 e. The maximum atomic E-state index is 11.8. The number of rotatable bonds is 4. The first-order valence-electron chi connectivity index (χ1n) is 5.86. The van der Waals surface area contributed by atoms with Crippen molar-refractivity contribution >= 4 is 17.6 Å². The minimum Gasteiger partial charge on any atom is -0.460 e. The van der Waals surface area contributed by atoms with Gasteiger partial charge in [-0.05, 0) is 17.7 Å². The first-order chi connectivity index (χ1) is 8.69. The van der Waals surface area contributed by atoms with Crippen molar-refractivity contribution in [2.24, 2.45) is 0 Å². The van der Waals surface area contributed by atoms with E-state index in [0.29, 0.717) is 18.0 Å². The first-order valence-corrected chi connectivity index (χ1v) is 6.24. The summed E-state index contributed by atoms with van der Waals surface area (Å²) in [6.07, 6.45) is 0.749. The number of carbonyl (C=O) groups excluding carboxylic acids is 1. The molecule has 1 aromatic rings. The zero-order chi connectivity index (χ0) is 13.0. The molecule has 1 saturated heterocycles. The van der Waals surface area contributed by atoms with Gasteiger partial charge in [0.25, 0.3) is 0 Å². The van der Waals surface area contributed by atoms with Gasteiger partial charge in [-0.2, -0.15) is 0 Å². The molecule has 0 radical (unpaired) electrons. The summed E-state index contributed by atoms with van der Waals surface area (Å²) in [4.78, 5) is 11.8. The van der Waals surface area contributed by atoms with Crippen molar-refractivity contribution in [2.75, 3.05) is 13.7 Å². The lowest BCUT2D eigenvalue weighted by Crippen LogP contribution is -2.32. The van der Waals surface area contributed by atoms with E-state index in [1.54, 1.807) is 19.2 Å². The SMILES string of the molecule is COC1CNC(C(=O)OCc2cccc(Cl)c2)C1. The summed E-state index contributed by atoms with van der Waals surface area (Å²) in [5.74, 6) is -0.241. The van der Waals surface area contributed by atoms with E-state index in [0.717, 1.165) is 5.56 Å². The van der Waals surface area contributed by atoms with E-state index >= 15 is 0 Å². The second-order valence-electron chi connectivity index (χ2n) is 4.29. The number of hydrogen-bond donors (Lipinski definition) is 1. The third-order valence-electron chi connectivity index (χ3n) is 2.98. The normalized spacial score (nSPS) is 23.0. The van der Waals surface area contributed by atoms with Gasteiger partial charge in [0, 0.05) is 25.1 Å². The van der Waals surface area contributed by atoms with Gasteiger partial charge in [0.1, 0.15) is 12.6 Å². The molecule has 2 rings (SSSR count). The van der Waals surface area contributed by atoms with Crippen molar-refractivity contribution in [3.8, 4) is 0 Å². The molecule has 0 amide bonds. The second kappa shape index (κ2) is 6.18. The van der Waals surface area contributed by atoms with Gasteiger partial charge in [0.2, 0.25) is 0 Å². The van der Waals surface area contributed by atoms with E-state index in [9.17, 15) is 4.79 Å². The van der Waals surface area contributed by atoms with Crippen LogP contribution in [-0.2, 0) is 20.9 Å². The summed E-state index contributed by atoms with van der Waals surface area (Å²) in [7, 11) is 1.64. The fourth-order valence-electron chi connectivity index (χ4n) is 1.94. The third-order valence-corrected chi connectivity index (χ3v) is 3.21. The summed E-state index contributed by atoms with van der Waals surface area (Å²) < 4.78 is 10.4. The molecule has 1 aliphatic heterocycles. The molecular formula is C13H16ClNO3. The highest BCUT2D eigenvalue weighted by Gasteiger charge is 2.30. The molecule has 0 aromatic heterocycles. The number of hydrogen-bond acceptors (Lipinski definition) is 4. The van der Waals surface area contributed by atoms with Crippen LogP contribution in [0.5, 0.6) is 0 Å². The molecule has 18 heavy (non-hydrogen) atoms. The summed E-state index contributed by atoms with van der Waals surface area (Å²) in [5.41, 5.74) is 0.886. The molecule has 1 N–H and O–H groups in total. The van der Waals surface area contributed by atoms with Crippen LogP contribution in [0.1, 0.15) is 12.0 Å². The van der Waals surface area contributed by atoms with E-state index in [1.807, 2.05) is 12.1 Å². The van der Waals surface area contributed by atoms with Crippen LogP contribution in [0.2, 0.25) is 5.02 Å². The van der Waals surface area contributed by atoms with Crippen LogP contribution < -0.4 is 5.32 Å². The van der Waals surface area contributed by atoms with Gasteiger partial charge in [0.15, 0.2) is 0 Å². The number of nitrogens with one attached hydrogen (secondary N) is 1. The van der Waals surface area contributed by atoms with E-state index < -0.39 is 0 Å². The maximum absolute atomic E-state index is 11.8. The fraction of sp³-hybridized carbons (Fsp3) is 0.462. The highest BCUT2D eigenvalue weighted by atomic mass is 35.5. The van der Waals surface area contributed by atoms with E-state index in [4.69, 9.17) is 21.1 Å². The van der Waals surface area contributed by atoms with Crippen LogP contribution in [0.15, 0.2) is 24.3 Å². The Hall–Kier alpha value is -1.10. The molecule has 2 unspecified atom stereocenters. The van der Waals surface area contributed by atoms with Crippen molar-refractivity contribution in [3.05, 3.63) is 34.9 Å². The Kier molecular flexibility index (Phi) is 4.58. The topological polar surface area (TPSA) is 47.6 Å². The van der Waals surface area contributed by atoms with Crippen LogP contribution in [0.4, 0.5) is 0 Å². The lowest BCUT2D eigenvalue weighted by molar-refractivity contribution is -0.147. The molecule has 1 fully saturated rings. The Morgan fingerprint density at radius 1 is 1.56 bits per heavy atom. The molecule has 98 valence electrons. The summed E-state index contributed by atoms with van der Waals surface area (Å²) in [6.45, 7) is 0.933. The molecule has 1 aromatic carbocycles. The average molecular weight is 270 g/mol. The molecule has 0 bridgehead atoms. The molecule has 1 heterocycles. The minimum atomic E-state index is -0.269. The van der Waals surface area contributed by atoms with E-state index in [-0.39, 0.29) is 24.7 Å². The summed E-state index contributed by atoms with van der Waals surface area (Å²) in [5, 5.41) is 3.72. The standard InChI is InChI=1S/C13H16ClNO3/c1-17-11-6-12(15-7-11)13(16)18-8-9-3-2-4-10(14)5-9/h2-5,11-12,15H,6-8H2,1H3. The first kappa shape index (κ1) is 13.3. The Bertz CT molecular complexity index is 424. The van der Waals surface area contributed by atoms with Crippen LogP contribution >= 0.6 is 11.6 Å². The minimum absolute atomic E-state index is 0.0914. The van der Waals surface area contributed by atoms with Crippen molar-refractivity contribution in [1.29, 1.82) is 0 Å². The lowest BCUT2D eigenvalue weighted by atomic mass is 10.2. The maximum Gasteiger partial charge on any atom is 0.323 e. The number of methoxy groups -OCH3 is 1. The molecule has 0 aliphatic carbocycles. The van der Waals surface area contributed by atoms with Crippen molar-refractivity contribution in [2.45, 2.75) is 25.2 Å². The third kappa shape index (κ3) is 3.45. The highest BCUT2D eigenvalue weighted by molar-refractivity contribution is 6.30. The van der Waals surface area contributed by atoms with Crippen molar-refractivity contribution in [3.63, 3.8) is 0 Å². The highest BCUT2D eigenvalue weighted by Crippen LogP contribution is 2.14. The van der Waals surface area contributed by atoms with Crippen molar-refractivity contribution in [1.82, 2.24) is 5.32 Å². The molecule has 5 heteroatoms. The lowest BCUT2D eigenvalue weighted by Gasteiger charge is -2.10. The fourth-order valence-corrected chi connectivity index (χ4v) is 2.16. The Morgan fingerprint density at radius 2 is 2.39 bits per heavy atom. The Labute approximate surface area is 111 Å². The number of ether oxygens (including phenoxy) is 2. The Morgan fingerprint density at radius 3 is 3.06 bits per heavy atom. The van der Waals surface area contributed by atoms with E-state index in [1.165, 1.54) is 0 Å². The van der Waals surface area contributed by atoms with E-state index in [2.05, 4.69) is 5.32 Å². The predicted octanol–water partition coefficient (Wildman–Crippen LogP) is 1.76. The molecular weight excluding hydrogens is 254 g/mol. The van der Waals surface area contributed by atoms with Gasteiger partial charge >= 0.3 is 5.97 Å². The Balaban J connectivity index is 1.82. The number of halogens is 1. The quantitative estimate of drug-likeness (QED) is 0.846. The van der Waals surface area contributed by atoms with Crippen LogP contribution in [0, 0.1) is 0 Å². The summed E-state index contributed by atoms with van der Waals surface area (Å²) >= 11 is 5.86. The van der Waals surface area contributed by atoms with Gasteiger partial charge < -0.3 is 14.8 Å². The van der Waals surface area contributed by atoms with Gasteiger partial charge in [-0.15, -0.1) is 0 Å². The number of benzene rings is 1. The smallest absolute Gasteiger partial charge is 0.323 e. The van der Waals surface area contributed by atoms with Crippen LogP contribution in [0.3, 0.4) is 0 Å². The molecule has 2 atom stereocenters. The zero-order valence-corrected chi connectivity index (χ0v) is 10.9. The number of carbonyl (C=O) groups is 1. The zero-order valence-electron chi connectivity index (χ0n) is 10.2. The summed E-state index contributed by atoms with van der Waals surface area (Å²) in [6, 6.07) is 7.01. The molecule has 4 nitrogen and oxygen atoms in total. The van der Waals surface area contributed by atoms with Gasteiger partial charge in [-0.25, -0.2) is 0 Å².